The minimum atomic E-state index is 0.346. The highest BCUT2D eigenvalue weighted by atomic mass is 79.9. The maximum atomic E-state index is 9.02. The van der Waals surface area contributed by atoms with Crippen LogP contribution in [-0.2, 0) is 0 Å². The average Bonchev–Trinajstić information content (AvgIpc) is 2.46. The Hall–Kier alpha value is -0.0800. The summed E-state index contributed by atoms with van der Waals surface area (Å²) in [5.74, 6) is 0.504. The Morgan fingerprint density at radius 3 is 3.00 bits per heavy atom. The van der Waals surface area contributed by atoms with Gasteiger partial charge in [-0.1, -0.05) is 21.5 Å². The molecule has 2 aliphatic carbocycles. The van der Waals surface area contributed by atoms with E-state index in [0.717, 1.165) is 19.3 Å². The molecule has 2 heteroatoms. The Balaban J connectivity index is 2.13. The zero-order chi connectivity index (χ0) is 8.55. The largest absolute Gasteiger partial charge is 0.396 e. The molecule has 12 heavy (non-hydrogen) atoms. The zero-order valence-electron chi connectivity index (χ0n) is 7.02. The topological polar surface area (TPSA) is 20.2 Å². The van der Waals surface area contributed by atoms with Crippen LogP contribution in [0.15, 0.2) is 21.7 Å². The van der Waals surface area contributed by atoms with Crippen LogP contribution >= 0.6 is 15.9 Å². The molecule has 0 spiro atoms. The normalized spacial score (nSPS) is 28.8. The number of allylic oxidation sites excluding steroid dienone is 4. The first-order valence-electron chi connectivity index (χ1n) is 4.47. The smallest absolute Gasteiger partial charge is 0.0465 e. The molecule has 0 aliphatic heterocycles. The maximum absolute atomic E-state index is 9.02. The van der Waals surface area contributed by atoms with Crippen LogP contribution in [-0.4, -0.2) is 11.7 Å². The monoisotopic (exact) mass is 228 g/mol. The summed E-state index contributed by atoms with van der Waals surface area (Å²) >= 11 is 3.53. The summed E-state index contributed by atoms with van der Waals surface area (Å²) in [6, 6.07) is 0. The van der Waals surface area contributed by atoms with Gasteiger partial charge in [0.1, 0.15) is 0 Å². The van der Waals surface area contributed by atoms with Crippen molar-refractivity contribution in [2.24, 2.45) is 5.92 Å². The Morgan fingerprint density at radius 1 is 1.42 bits per heavy atom. The molecule has 1 N–H and O–H groups in total. The van der Waals surface area contributed by atoms with E-state index in [0.29, 0.717) is 12.5 Å². The molecule has 1 nitrogen and oxygen atoms in total. The molecule has 2 aliphatic rings. The van der Waals surface area contributed by atoms with Gasteiger partial charge in [0.15, 0.2) is 0 Å². The molecule has 0 aromatic carbocycles. The van der Waals surface area contributed by atoms with E-state index < -0.39 is 0 Å². The van der Waals surface area contributed by atoms with E-state index >= 15 is 0 Å². The van der Waals surface area contributed by atoms with Gasteiger partial charge in [-0.2, -0.15) is 0 Å². The van der Waals surface area contributed by atoms with Crippen molar-refractivity contribution in [1.29, 1.82) is 0 Å². The first-order chi connectivity index (χ1) is 5.79. The van der Waals surface area contributed by atoms with Crippen molar-refractivity contribution in [2.75, 3.05) is 6.61 Å². The van der Waals surface area contributed by atoms with E-state index in [-0.39, 0.29) is 0 Å². The SMILES string of the molecule is OC[C@@H]1CC2=C(CCC(Br)=C2)C1. The lowest BCUT2D eigenvalue weighted by Crippen LogP contribution is -2.00. The summed E-state index contributed by atoms with van der Waals surface area (Å²) in [5.41, 5.74) is 3.06. The van der Waals surface area contributed by atoms with Crippen LogP contribution in [0.2, 0.25) is 0 Å². The average molecular weight is 229 g/mol. The molecule has 66 valence electrons. The number of aliphatic hydroxyl groups is 1. The van der Waals surface area contributed by atoms with Crippen molar-refractivity contribution in [2.45, 2.75) is 25.7 Å². The van der Waals surface area contributed by atoms with Gasteiger partial charge < -0.3 is 5.11 Å². The molecule has 0 bridgehead atoms. The van der Waals surface area contributed by atoms with Crippen LogP contribution in [0.5, 0.6) is 0 Å². The van der Waals surface area contributed by atoms with Crippen LogP contribution in [0, 0.1) is 5.92 Å². The predicted molar refractivity (Wildman–Crippen MR) is 53.1 cm³/mol. The van der Waals surface area contributed by atoms with Gasteiger partial charge in [-0.25, -0.2) is 0 Å². The fourth-order valence-corrected chi connectivity index (χ4v) is 2.57. The number of hydrogen-bond donors (Lipinski definition) is 1. The molecule has 0 amide bonds. The summed E-state index contributed by atoms with van der Waals surface area (Å²) in [7, 11) is 0. The van der Waals surface area contributed by atoms with Crippen molar-refractivity contribution in [1.82, 2.24) is 0 Å². The summed E-state index contributed by atoms with van der Waals surface area (Å²) < 4.78 is 1.32. The molecular weight excluding hydrogens is 216 g/mol. The standard InChI is InChI=1S/C10H13BrO/c11-10-2-1-8-3-7(6-12)4-9(8)5-10/h5,7,12H,1-4,6H2/t7-/m0/s1. The van der Waals surface area contributed by atoms with E-state index in [1.165, 1.54) is 16.5 Å². The van der Waals surface area contributed by atoms with Gasteiger partial charge in [0.05, 0.1) is 0 Å². The van der Waals surface area contributed by atoms with Gasteiger partial charge in [-0.3, -0.25) is 0 Å². The Morgan fingerprint density at radius 2 is 2.25 bits per heavy atom. The molecule has 0 aromatic rings. The molecular formula is C10H13BrO. The molecule has 0 saturated carbocycles. The van der Waals surface area contributed by atoms with Crippen molar-refractivity contribution in [3.8, 4) is 0 Å². The highest BCUT2D eigenvalue weighted by Crippen LogP contribution is 2.40. The minimum Gasteiger partial charge on any atom is -0.396 e. The van der Waals surface area contributed by atoms with Crippen LogP contribution in [0.1, 0.15) is 25.7 Å². The number of hydrogen-bond acceptors (Lipinski definition) is 1. The molecule has 1 atom stereocenters. The third-order valence-corrected chi connectivity index (χ3v) is 3.38. The van der Waals surface area contributed by atoms with Crippen LogP contribution < -0.4 is 0 Å². The predicted octanol–water partition coefficient (Wildman–Crippen LogP) is 2.76. The number of aliphatic hydroxyl groups excluding tert-OH is 1. The lowest BCUT2D eigenvalue weighted by atomic mass is 10.0. The van der Waals surface area contributed by atoms with Crippen molar-refractivity contribution in [3.63, 3.8) is 0 Å². The van der Waals surface area contributed by atoms with Crippen molar-refractivity contribution >= 4 is 15.9 Å². The third-order valence-electron chi connectivity index (χ3n) is 2.75. The summed E-state index contributed by atoms with van der Waals surface area (Å²) in [5, 5.41) is 9.02. The van der Waals surface area contributed by atoms with Gasteiger partial charge in [-0.15, -0.1) is 0 Å². The third kappa shape index (κ3) is 1.50. The first-order valence-corrected chi connectivity index (χ1v) is 5.26. The highest BCUT2D eigenvalue weighted by molar-refractivity contribution is 9.11. The van der Waals surface area contributed by atoms with E-state index in [9.17, 15) is 0 Å². The fourth-order valence-electron chi connectivity index (χ4n) is 2.09. The summed E-state index contributed by atoms with van der Waals surface area (Å²) in [6.45, 7) is 0.346. The second-order valence-corrected chi connectivity index (χ2v) is 4.70. The zero-order valence-corrected chi connectivity index (χ0v) is 8.60. The van der Waals surface area contributed by atoms with Crippen LogP contribution in [0.25, 0.3) is 0 Å². The Kier molecular flexibility index (Phi) is 2.37. The summed E-state index contributed by atoms with van der Waals surface area (Å²) in [6.07, 6.45) is 6.80. The second-order valence-electron chi connectivity index (χ2n) is 3.68. The maximum Gasteiger partial charge on any atom is 0.0465 e. The minimum absolute atomic E-state index is 0.346. The lowest BCUT2D eigenvalue weighted by molar-refractivity contribution is 0.231. The van der Waals surface area contributed by atoms with E-state index in [4.69, 9.17) is 5.11 Å². The highest BCUT2D eigenvalue weighted by Gasteiger charge is 2.24. The first kappa shape index (κ1) is 8.52. The Bertz CT molecular complexity index is 253. The van der Waals surface area contributed by atoms with Gasteiger partial charge in [-0.05, 0) is 47.7 Å². The van der Waals surface area contributed by atoms with Crippen molar-refractivity contribution in [3.05, 3.63) is 21.7 Å². The van der Waals surface area contributed by atoms with Crippen LogP contribution in [0.4, 0.5) is 0 Å². The fraction of sp³-hybridized carbons (Fsp3) is 0.600. The molecule has 0 radical (unpaired) electrons. The molecule has 0 aromatic heterocycles. The van der Waals surface area contributed by atoms with Gasteiger partial charge in [0.2, 0.25) is 0 Å². The van der Waals surface area contributed by atoms with Gasteiger partial charge in [0.25, 0.3) is 0 Å². The van der Waals surface area contributed by atoms with E-state index in [1.54, 1.807) is 5.57 Å². The second kappa shape index (κ2) is 3.35. The molecule has 0 saturated heterocycles. The van der Waals surface area contributed by atoms with Crippen molar-refractivity contribution < 1.29 is 5.11 Å². The van der Waals surface area contributed by atoms with E-state index in [2.05, 4.69) is 22.0 Å². The number of rotatable bonds is 1. The van der Waals surface area contributed by atoms with Crippen LogP contribution in [0.3, 0.4) is 0 Å². The molecule has 0 heterocycles. The van der Waals surface area contributed by atoms with Gasteiger partial charge >= 0.3 is 0 Å². The lowest BCUT2D eigenvalue weighted by Gasteiger charge is -2.10. The molecule has 0 unspecified atom stereocenters. The molecule has 0 fully saturated rings. The summed E-state index contributed by atoms with van der Waals surface area (Å²) in [4.78, 5) is 0. The van der Waals surface area contributed by atoms with E-state index in [1.807, 2.05) is 0 Å². The number of halogens is 1. The Labute approximate surface area is 81.3 Å². The van der Waals surface area contributed by atoms with Gasteiger partial charge in [0, 0.05) is 6.61 Å². The molecule has 2 rings (SSSR count). The quantitative estimate of drug-likeness (QED) is 0.732.